The smallest absolute Gasteiger partial charge is 0.324 e. The highest BCUT2D eigenvalue weighted by Gasteiger charge is 2.05. The predicted molar refractivity (Wildman–Crippen MR) is 53.1 cm³/mol. The SMILES string of the molecule is CCN(CC)CCN(S)C(N)=O. The normalized spacial score (nSPS) is 10.3. The van der Waals surface area contributed by atoms with Crippen molar-refractivity contribution in [3.8, 4) is 0 Å². The molecule has 0 aliphatic carbocycles. The second-order valence-corrected chi connectivity index (χ2v) is 2.97. The van der Waals surface area contributed by atoms with Gasteiger partial charge in [-0.1, -0.05) is 26.7 Å². The number of likely N-dealkylation sites (N-methyl/N-ethyl adjacent to an activating group) is 1. The number of urea groups is 1. The van der Waals surface area contributed by atoms with Gasteiger partial charge in [-0.3, -0.25) is 4.31 Å². The Hall–Kier alpha value is -0.420. The van der Waals surface area contributed by atoms with Crippen LogP contribution in [0.4, 0.5) is 4.79 Å². The van der Waals surface area contributed by atoms with Gasteiger partial charge in [0.05, 0.1) is 0 Å². The maximum atomic E-state index is 10.5. The first-order valence-corrected chi connectivity index (χ1v) is 4.50. The second-order valence-electron chi connectivity index (χ2n) is 2.49. The van der Waals surface area contributed by atoms with E-state index in [2.05, 4.69) is 31.6 Å². The van der Waals surface area contributed by atoms with Gasteiger partial charge in [0.1, 0.15) is 0 Å². The third kappa shape index (κ3) is 4.46. The van der Waals surface area contributed by atoms with Gasteiger partial charge in [-0.25, -0.2) is 4.79 Å². The van der Waals surface area contributed by atoms with Crippen molar-refractivity contribution in [1.29, 1.82) is 0 Å². The molecule has 0 aromatic carbocycles. The number of hydrogen-bond donors (Lipinski definition) is 2. The van der Waals surface area contributed by atoms with Crippen molar-refractivity contribution >= 4 is 18.8 Å². The Kier molecular flexibility index (Phi) is 5.92. The molecule has 0 saturated heterocycles. The van der Waals surface area contributed by atoms with Gasteiger partial charge in [-0.05, 0) is 13.1 Å². The Morgan fingerprint density at radius 3 is 2.17 bits per heavy atom. The van der Waals surface area contributed by atoms with Crippen molar-refractivity contribution in [3.05, 3.63) is 0 Å². The number of primary amides is 1. The van der Waals surface area contributed by atoms with Crippen LogP contribution in [0, 0.1) is 0 Å². The fourth-order valence-corrected chi connectivity index (χ4v) is 0.976. The zero-order chi connectivity index (χ0) is 9.56. The number of carbonyl (C=O) groups is 1. The Morgan fingerprint density at radius 1 is 1.33 bits per heavy atom. The van der Waals surface area contributed by atoms with Crippen molar-refractivity contribution in [2.45, 2.75) is 13.8 Å². The van der Waals surface area contributed by atoms with Crippen molar-refractivity contribution in [2.24, 2.45) is 5.73 Å². The molecule has 0 rings (SSSR count). The minimum Gasteiger partial charge on any atom is -0.351 e. The van der Waals surface area contributed by atoms with Crippen molar-refractivity contribution < 1.29 is 4.79 Å². The van der Waals surface area contributed by atoms with Crippen LogP contribution >= 0.6 is 12.8 Å². The van der Waals surface area contributed by atoms with Gasteiger partial charge in [0.15, 0.2) is 0 Å². The minimum atomic E-state index is -0.495. The van der Waals surface area contributed by atoms with E-state index in [4.69, 9.17) is 5.73 Å². The van der Waals surface area contributed by atoms with E-state index in [0.717, 1.165) is 19.6 Å². The number of nitrogens with zero attached hydrogens (tertiary/aromatic N) is 2. The molecule has 0 atom stereocenters. The van der Waals surface area contributed by atoms with Crippen LogP contribution in [0.15, 0.2) is 0 Å². The fourth-order valence-electron chi connectivity index (χ4n) is 0.886. The molecular formula is C7H17N3OS. The summed E-state index contributed by atoms with van der Waals surface area (Å²) in [4.78, 5) is 12.7. The second kappa shape index (κ2) is 6.14. The topological polar surface area (TPSA) is 49.6 Å². The summed E-state index contributed by atoms with van der Waals surface area (Å²) in [5, 5.41) is 0. The van der Waals surface area contributed by atoms with Crippen LogP contribution in [0.2, 0.25) is 0 Å². The number of thiol groups is 1. The summed E-state index contributed by atoms with van der Waals surface area (Å²) in [5.41, 5.74) is 5.00. The van der Waals surface area contributed by atoms with Gasteiger partial charge in [0.2, 0.25) is 0 Å². The predicted octanol–water partition coefficient (Wildman–Crippen LogP) is 0.554. The van der Waals surface area contributed by atoms with Crippen LogP contribution in [-0.2, 0) is 0 Å². The van der Waals surface area contributed by atoms with Crippen LogP contribution < -0.4 is 5.73 Å². The fraction of sp³-hybridized carbons (Fsp3) is 0.857. The van der Waals surface area contributed by atoms with E-state index < -0.39 is 6.03 Å². The maximum absolute atomic E-state index is 10.5. The summed E-state index contributed by atoms with van der Waals surface area (Å²) in [6.45, 7) is 7.51. The molecule has 2 amide bonds. The third-order valence-electron chi connectivity index (χ3n) is 1.78. The molecule has 5 heteroatoms. The molecule has 2 N–H and O–H groups in total. The molecule has 0 aliphatic heterocycles. The molecule has 0 spiro atoms. The standard InChI is InChI=1S/C7H17N3OS/c1-3-9(4-2)5-6-10(12)7(8)11/h12H,3-6H2,1-2H3,(H2,8,11). The van der Waals surface area contributed by atoms with E-state index in [9.17, 15) is 4.79 Å². The lowest BCUT2D eigenvalue weighted by molar-refractivity contribution is 0.227. The molecule has 0 fully saturated rings. The summed E-state index contributed by atoms with van der Waals surface area (Å²) in [7, 11) is 0. The summed E-state index contributed by atoms with van der Waals surface area (Å²) in [6.07, 6.45) is 0. The molecule has 0 saturated carbocycles. The number of hydrogen-bond acceptors (Lipinski definition) is 3. The van der Waals surface area contributed by atoms with Gasteiger partial charge < -0.3 is 10.6 Å². The van der Waals surface area contributed by atoms with Gasteiger partial charge >= 0.3 is 6.03 Å². The molecular weight excluding hydrogens is 174 g/mol. The molecule has 0 aromatic rings. The van der Waals surface area contributed by atoms with E-state index in [1.54, 1.807) is 0 Å². The number of rotatable bonds is 5. The minimum absolute atomic E-state index is 0.495. The molecule has 0 radical (unpaired) electrons. The number of nitrogens with two attached hydrogens (primary N) is 1. The first-order valence-electron chi connectivity index (χ1n) is 4.10. The Bertz CT molecular complexity index is 139. The lowest BCUT2D eigenvalue weighted by atomic mass is 10.4. The average molecular weight is 191 g/mol. The van der Waals surface area contributed by atoms with Crippen LogP contribution in [0.5, 0.6) is 0 Å². The highest BCUT2D eigenvalue weighted by molar-refractivity contribution is 7.78. The quantitative estimate of drug-likeness (QED) is 0.624. The van der Waals surface area contributed by atoms with Crippen molar-refractivity contribution in [2.75, 3.05) is 26.2 Å². The Morgan fingerprint density at radius 2 is 1.83 bits per heavy atom. The monoisotopic (exact) mass is 191 g/mol. The molecule has 0 aromatic heterocycles. The van der Waals surface area contributed by atoms with Crippen molar-refractivity contribution in [1.82, 2.24) is 9.21 Å². The molecule has 12 heavy (non-hydrogen) atoms. The van der Waals surface area contributed by atoms with Gasteiger partial charge in [0.25, 0.3) is 0 Å². The molecule has 72 valence electrons. The van der Waals surface area contributed by atoms with Crippen LogP contribution in [0.25, 0.3) is 0 Å². The summed E-state index contributed by atoms with van der Waals surface area (Å²) >= 11 is 3.91. The zero-order valence-electron chi connectivity index (χ0n) is 7.66. The van der Waals surface area contributed by atoms with E-state index in [-0.39, 0.29) is 0 Å². The molecule has 4 nitrogen and oxygen atoms in total. The van der Waals surface area contributed by atoms with Gasteiger partial charge in [0, 0.05) is 13.1 Å². The van der Waals surface area contributed by atoms with E-state index >= 15 is 0 Å². The number of carbonyl (C=O) groups excluding carboxylic acids is 1. The molecule has 0 heterocycles. The van der Waals surface area contributed by atoms with Crippen LogP contribution in [0.3, 0.4) is 0 Å². The zero-order valence-corrected chi connectivity index (χ0v) is 8.55. The molecule has 0 bridgehead atoms. The van der Waals surface area contributed by atoms with E-state index in [1.165, 1.54) is 4.31 Å². The van der Waals surface area contributed by atoms with Crippen molar-refractivity contribution in [3.63, 3.8) is 0 Å². The first-order chi connectivity index (χ1) is 5.61. The number of amides is 2. The third-order valence-corrected chi connectivity index (χ3v) is 2.17. The van der Waals surface area contributed by atoms with Gasteiger partial charge in [-0.2, -0.15) is 0 Å². The Labute approximate surface area is 79.2 Å². The van der Waals surface area contributed by atoms with E-state index in [1.807, 2.05) is 0 Å². The summed E-state index contributed by atoms with van der Waals surface area (Å²) < 4.78 is 1.22. The summed E-state index contributed by atoms with van der Waals surface area (Å²) in [6, 6.07) is -0.495. The summed E-state index contributed by atoms with van der Waals surface area (Å²) in [5.74, 6) is 0. The van der Waals surface area contributed by atoms with Crippen LogP contribution in [-0.4, -0.2) is 41.4 Å². The average Bonchev–Trinajstić information content (AvgIpc) is 2.05. The maximum Gasteiger partial charge on any atom is 0.324 e. The lowest BCUT2D eigenvalue weighted by Gasteiger charge is -2.20. The van der Waals surface area contributed by atoms with Gasteiger partial charge in [-0.15, -0.1) is 0 Å². The molecule has 0 aliphatic rings. The highest BCUT2D eigenvalue weighted by atomic mass is 32.1. The lowest BCUT2D eigenvalue weighted by Crippen LogP contribution is -2.36. The highest BCUT2D eigenvalue weighted by Crippen LogP contribution is 1.94. The Balaban J connectivity index is 3.58. The first kappa shape index (κ1) is 11.6. The molecule has 0 unspecified atom stereocenters. The largest absolute Gasteiger partial charge is 0.351 e. The van der Waals surface area contributed by atoms with E-state index in [0.29, 0.717) is 6.54 Å². The van der Waals surface area contributed by atoms with Crippen LogP contribution in [0.1, 0.15) is 13.8 Å².